The van der Waals surface area contributed by atoms with Gasteiger partial charge in [-0.15, -0.1) is 11.8 Å². The molecule has 0 aliphatic carbocycles. The van der Waals surface area contributed by atoms with E-state index in [1.807, 2.05) is 31.9 Å². The molecule has 25 heavy (non-hydrogen) atoms. The van der Waals surface area contributed by atoms with E-state index < -0.39 is 5.60 Å². The quantitative estimate of drug-likeness (QED) is 0.753. The van der Waals surface area contributed by atoms with Gasteiger partial charge in [-0.25, -0.2) is 4.79 Å². The van der Waals surface area contributed by atoms with Crippen molar-refractivity contribution in [2.24, 2.45) is 0 Å². The van der Waals surface area contributed by atoms with Crippen molar-refractivity contribution in [3.05, 3.63) is 28.8 Å². The first kappa shape index (κ1) is 18.1. The van der Waals surface area contributed by atoms with Crippen LogP contribution in [-0.4, -0.2) is 53.3 Å². The number of thioether (sulfide) groups is 1. The average molecular weight is 362 g/mol. The molecule has 1 aromatic carbocycles. The summed E-state index contributed by atoms with van der Waals surface area (Å²) in [6, 6.07) is 4.18. The SMILES string of the molecule is CCc1cc(SC)c2c(c1)[C@@H]1CN(C(=O)OC(C)(C)C)CCN1C2=O. The Morgan fingerprint density at radius 3 is 2.64 bits per heavy atom. The first-order chi connectivity index (χ1) is 11.7. The lowest BCUT2D eigenvalue weighted by molar-refractivity contribution is 0.00656. The molecule has 3 rings (SSSR count). The number of fused-ring (bicyclic) bond motifs is 3. The number of amides is 2. The maximum absolute atomic E-state index is 12.9. The number of benzene rings is 1. The first-order valence-corrected chi connectivity index (χ1v) is 9.97. The van der Waals surface area contributed by atoms with Gasteiger partial charge in [-0.3, -0.25) is 4.79 Å². The minimum atomic E-state index is -0.515. The summed E-state index contributed by atoms with van der Waals surface area (Å²) in [6.45, 7) is 9.28. The molecule has 5 nitrogen and oxygen atoms in total. The molecule has 1 saturated heterocycles. The van der Waals surface area contributed by atoms with Crippen molar-refractivity contribution in [1.29, 1.82) is 0 Å². The topological polar surface area (TPSA) is 49.9 Å². The monoisotopic (exact) mass is 362 g/mol. The van der Waals surface area contributed by atoms with Gasteiger partial charge in [-0.05, 0) is 50.6 Å². The van der Waals surface area contributed by atoms with Crippen LogP contribution in [0.15, 0.2) is 17.0 Å². The highest BCUT2D eigenvalue weighted by atomic mass is 32.2. The Balaban J connectivity index is 1.91. The van der Waals surface area contributed by atoms with Gasteiger partial charge in [0.2, 0.25) is 0 Å². The second-order valence-corrected chi connectivity index (χ2v) is 8.40. The lowest BCUT2D eigenvalue weighted by Crippen LogP contribution is -2.50. The van der Waals surface area contributed by atoms with E-state index in [0.717, 1.165) is 22.4 Å². The summed E-state index contributed by atoms with van der Waals surface area (Å²) >= 11 is 1.62. The van der Waals surface area contributed by atoms with E-state index in [2.05, 4.69) is 19.1 Å². The summed E-state index contributed by atoms with van der Waals surface area (Å²) in [5, 5.41) is 0. The summed E-state index contributed by atoms with van der Waals surface area (Å²) in [4.78, 5) is 30.0. The zero-order valence-corrected chi connectivity index (χ0v) is 16.4. The van der Waals surface area contributed by atoms with Crippen molar-refractivity contribution in [1.82, 2.24) is 9.80 Å². The summed E-state index contributed by atoms with van der Waals surface area (Å²) < 4.78 is 5.51. The van der Waals surface area contributed by atoms with Gasteiger partial charge >= 0.3 is 6.09 Å². The van der Waals surface area contributed by atoms with Crippen LogP contribution in [0.3, 0.4) is 0 Å². The third-order valence-corrected chi connectivity index (χ3v) is 5.45. The van der Waals surface area contributed by atoms with Gasteiger partial charge in [-0.1, -0.05) is 13.0 Å². The molecule has 0 saturated carbocycles. The molecular weight excluding hydrogens is 336 g/mol. The van der Waals surface area contributed by atoms with E-state index in [-0.39, 0.29) is 18.0 Å². The number of ether oxygens (including phenoxy) is 1. The molecule has 2 amide bonds. The summed E-state index contributed by atoms with van der Waals surface area (Å²) in [7, 11) is 0. The molecule has 0 radical (unpaired) electrons. The van der Waals surface area contributed by atoms with Gasteiger partial charge < -0.3 is 14.5 Å². The Morgan fingerprint density at radius 2 is 2.04 bits per heavy atom. The van der Waals surface area contributed by atoms with Crippen LogP contribution in [-0.2, 0) is 11.2 Å². The van der Waals surface area contributed by atoms with Crippen molar-refractivity contribution in [2.45, 2.75) is 50.7 Å². The van der Waals surface area contributed by atoms with Crippen LogP contribution < -0.4 is 0 Å². The molecular formula is C19H26N2O3S. The van der Waals surface area contributed by atoms with Crippen molar-refractivity contribution in [3.63, 3.8) is 0 Å². The van der Waals surface area contributed by atoms with E-state index >= 15 is 0 Å². The number of hydrogen-bond acceptors (Lipinski definition) is 4. The van der Waals surface area contributed by atoms with Crippen LogP contribution in [0.1, 0.15) is 55.2 Å². The molecule has 1 aromatic rings. The van der Waals surface area contributed by atoms with E-state index in [1.165, 1.54) is 5.56 Å². The predicted octanol–water partition coefficient (Wildman–Crippen LogP) is 3.72. The molecule has 0 unspecified atom stereocenters. The molecule has 2 aliphatic rings. The minimum Gasteiger partial charge on any atom is -0.444 e. The Kier molecular flexibility index (Phi) is 4.75. The van der Waals surface area contributed by atoms with Gasteiger partial charge in [0.1, 0.15) is 5.60 Å². The van der Waals surface area contributed by atoms with Gasteiger partial charge in [0.05, 0.1) is 11.6 Å². The fourth-order valence-electron chi connectivity index (χ4n) is 3.48. The van der Waals surface area contributed by atoms with Crippen LogP contribution in [0.25, 0.3) is 0 Å². The summed E-state index contributed by atoms with van der Waals surface area (Å²) in [6.07, 6.45) is 2.63. The second-order valence-electron chi connectivity index (χ2n) is 7.56. The van der Waals surface area contributed by atoms with Crippen LogP contribution >= 0.6 is 11.8 Å². The lowest BCUT2D eigenvalue weighted by atomic mass is 9.99. The van der Waals surface area contributed by atoms with E-state index in [0.29, 0.717) is 19.6 Å². The smallest absolute Gasteiger partial charge is 0.410 e. The highest BCUT2D eigenvalue weighted by molar-refractivity contribution is 7.98. The molecule has 0 spiro atoms. The first-order valence-electron chi connectivity index (χ1n) is 8.75. The molecule has 1 fully saturated rings. The Bertz CT molecular complexity index is 711. The molecule has 6 heteroatoms. The highest BCUT2D eigenvalue weighted by Gasteiger charge is 2.43. The third kappa shape index (κ3) is 3.36. The Hall–Kier alpha value is -1.69. The van der Waals surface area contributed by atoms with Crippen LogP contribution in [0.2, 0.25) is 0 Å². The van der Waals surface area contributed by atoms with Gasteiger partial charge in [0, 0.05) is 24.5 Å². The van der Waals surface area contributed by atoms with Crippen molar-refractivity contribution in [2.75, 3.05) is 25.9 Å². The van der Waals surface area contributed by atoms with E-state index in [4.69, 9.17) is 4.74 Å². The molecule has 2 aliphatic heterocycles. The number of piperazine rings is 1. The maximum atomic E-state index is 12.9. The standard InChI is InChI=1S/C19H26N2O3S/c1-6-12-9-13-14-11-20(18(23)24-19(2,3)4)7-8-21(14)17(22)16(13)15(10-12)25-5/h9-10,14H,6-8,11H2,1-5H3/t14-/m0/s1. The van der Waals surface area contributed by atoms with Crippen molar-refractivity contribution in [3.8, 4) is 0 Å². The third-order valence-electron chi connectivity index (χ3n) is 4.69. The molecule has 0 N–H and O–H groups in total. The average Bonchev–Trinajstić information content (AvgIpc) is 2.85. The van der Waals surface area contributed by atoms with Crippen molar-refractivity contribution >= 4 is 23.8 Å². The van der Waals surface area contributed by atoms with Gasteiger partial charge in [-0.2, -0.15) is 0 Å². The number of aryl methyl sites for hydroxylation is 1. The van der Waals surface area contributed by atoms with Crippen molar-refractivity contribution < 1.29 is 14.3 Å². The van der Waals surface area contributed by atoms with Crippen LogP contribution in [0.5, 0.6) is 0 Å². The largest absolute Gasteiger partial charge is 0.444 e. The molecule has 136 valence electrons. The molecule has 2 heterocycles. The maximum Gasteiger partial charge on any atom is 0.410 e. The molecule has 0 bridgehead atoms. The Morgan fingerprint density at radius 1 is 1.32 bits per heavy atom. The number of hydrogen-bond donors (Lipinski definition) is 0. The number of carbonyl (C=O) groups is 2. The highest BCUT2D eigenvalue weighted by Crippen LogP contribution is 2.41. The number of rotatable bonds is 2. The summed E-state index contributed by atoms with van der Waals surface area (Å²) in [5.41, 5.74) is 2.59. The van der Waals surface area contributed by atoms with Crippen LogP contribution in [0.4, 0.5) is 4.79 Å². The van der Waals surface area contributed by atoms with Gasteiger partial charge in [0.15, 0.2) is 0 Å². The minimum absolute atomic E-state index is 0.0684. The zero-order chi connectivity index (χ0) is 18.4. The number of carbonyl (C=O) groups excluding carboxylic acids is 2. The molecule has 1 atom stereocenters. The predicted molar refractivity (Wildman–Crippen MR) is 99.2 cm³/mol. The molecule has 0 aromatic heterocycles. The van der Waals surface area contributed by atoms with Gasteiger partial charge in [0.25, 0.3) is 5.91 Å². The second kappa shape index (κ2) is 6.56. The van der Waals surface area contributed by atoms with Crippen LogP contribution in [0, 0.1) is 0 Å². The fourth-order valence-corrected chi connectivity index (χ4v) is 4.16. The van der Waals surface area contributed by atoms with E-state index in [1.54, 1.807) is 16.7 Å². The van der Waals surface area contributed by atoms with E-state index in [9.17, 15) is 9.59 Å². The zero-order valence-electron chi connectivity index (χ0n) is 15.6. The fraction of sp³-hybridized carbons (Fsp3) is 0.579. The summed E-state index contributed by atoms with van der Waals surface area (Å²) in [5.74, 6) is 0.0934. The normalized spacial score (nSPS) is 19.7. The lowest BCUT2D eigenvalue weighted by Gasteiger charge is -2.38. The number of nitrogens with zero attached hydrogens (tertiary/aromatic N) is 2. The Labute approximate surface area is 153 Å².